The highest BCUT2D eigenvalue weighted by atomic mass is 16.5. The van der Waals surface area contributed by atoms with Crippen LogP contribution in [0.15, 0.2) is 48.5 Å². The largest absolute Gasteiger partial charge is 0.481 e. The lowest BCUT2D eigenvalue weighted by molar-refractivity contribution is -0.141. The van der Waals surface area contributed by atoms with E-state index in [9.17, 15) is 19.5 Å². The highest BCUT2D eigenvalue weighted by Gasteiger charge is 2.29. The van der Waals surface area contributed by atoms with Gasteiger partial charge in [-0.05, 0) is 41.5 Å². The predicted molar refractivity (Wildman–Crippen MR) is 131 cm³/mol. The number of carbonyl (C=O) groups is 3. The van der Waals surface area contributed by atoms with E-state index in [0.717, 1.165) is 17.5 Å². The molecule has 0 aromatic heterocycles. The molecule has 34 heavy (non-hydrogen) atoms. The van der Waals surface area contributed by atoms with E-state index in [2.05, 4.69) is 34.9 Å². The van der Waals surface area contributed by atoms with Gasteiger partial charge in [-0.2, -0.15) is 0 Å². The molecule has 7 heteroatoms. The van der Waals surface area contributed by atoms with E-state index in [1.165, 1.54) is 11.1 Å². The summed E-state index contributed by atoms with van der Waals surface area (Å²) in [5, 5.41) is 14.8. The molecule has 2 amide bonds. The molecule has 2 unspecified atom stereocenters. The fourth-order valence-corrected chi connectivity index (χ4v) is 4.48. The summed E-state index contributed by atoms with van der Waals surface area (Å²) < 4.78 is 5.60. The SMILES string of the molecule is CCCC(CNC(=O)CCC(CC)NC(=O)OCC1c2ccccc2-c2ccccc21)C(=O)O. The summed E-state index contributed by atoms with van der Waals surface area (Å²) >= 11 is 0. The third-order valence-electron chi connectivity index (χ3n) is 6.41. The van der Waals surface area contributed by atoms with Gasteiger partial charge in [0.15, 0.2) is 0 Å². The molecule has 0 fully saturated rings. The van der Waals surface area contributed by atoms with Crippen LogP contribution in [0.1, 0.15) is 63.0 Å². The Kier molecular flexibility index (Phi) is 9.08. The molecular weight excluding hydrogens is 432 g/mol. The molecule has 2 atom stereocenters. The zero-order chi connectivity index (χ0) is 24.5. The fraction of sp³-hybridized carbons (Fsp3) is 0.444. The van der Waals surface area contributed by atoms with Gasteiger partial charge < -0.3 is 20.5 Å². The molecule has 0 radical (unpaired) electrons. The zero-order valence-electron chi connectivity index (χ0n) is 19.9. The summed E-state index contributed by atoms with van der Waals surface area (Å²) in [6.45, 7) is 4.22. The second-order valence-corrected chi connectivity index (χ2v) is 8.74. The third-order valence-corrected chi connectivity index (χ3v) is 6.41. The first-order chi connectivity index (χ1) is 16.4. The maximum Gasteiger partial charge on any atom is 0.407 e. The minimum atomic E-state index is -0.898. The van der Waals surface area contributed by atoms with Gasteiger partial charge >= 0.3 is 12.1 Å². The highest BCUT2D eigenvalue weighted by molar-refractivity contribution is 5.79. The zero-order valence-corrected chi connectivity index (χ0v) is 19.9. The van der Waals surface area contributed by atoms with Crippen molar-refractivity contribution in [3.05, 3.63) is 59.7 Å². The van der Waals surface area contributed by atoms with Gasteiger partial charge in [-0.25, -0.2) is 4.79 Å². The van der Waals surface area contributed by atoms with Crippen molar-refractivity contribution in [2.45, 2.75) is 57.9 Å². The van der Waals surface area contributed by atoms with E-state index in [-0.39, 0.29) is 37.4 Å². The number of hydrogen-bond donors (Lipinski definition) is 3. The van der Waals surface area contributed by atoms with Crippen LogP contribution in [0.4, 0.5) is 4.79 Å². The van der Waals surface area contributed by atoms with Gasteiger partial charge in [-0.1, -0.05) is 68.8 Å². The summed E-state index contributed by atoms with van der Waals surface area (Å²) in [6, 6.07) is 16.1. The average Bonchev–Trinajstić information content (AvgIpc) is 3.16. The molecule has 1 aliphatic rings. The number of nitrogens with one attached hydrogen (secondary N) is 2. The number of carboxylic acids is 1. The van der Waals surface area contributed by atoms with Crippen molar-refractivity contribution in [3.8, 4) is 11.1 Å². The van der Waals surface area contributed by atoms with Crippen LogP contribution in [0.5, 0.6) is 0 Å². The maximum atomic E-state index is 12.5. The van der Waals surface area contributed by atoms with Crippen LogP contribution < -0.4 is 10.6 Å². The molecule has 3 rings (SSSR count). The van der Waals surface area contributed by atoms with E-state index in [4.69, 9.17) is 4.74 Å². The normalized spacial score (nSPS) is 13.9. The molecule has 0 bridgehead atoms. The van der Waals surface area contributed by atoms with Crippen LogP contribution in [-0.2, 0) is 14.3 Å². The van der Waals surface area contributed by atoms with Gasteiger partial charge in [0, 0.05) is 24.9 Å². The van der Waals surface area contributed by atoms with Crippen molar-refractivity contribution in [1.82, 2.24) is 10.6 Å². The topological polar surface area (TPSA) is 105 Å². The van der Waals surface area contributed by atoms with Gasteiger partial charge in [-0.15, -0.1) is 0 Å². The lowest BCUT2D eigenvalue weighted by Gasteiger charge is -2.19. The van der Waals surface area contributed by atoms with Crippen LogP contribution in [-0.4, -0.2) is 42.3 Å². The highest BCUT2D eigenvalue weighted by Crippen LogP contribution is 2.44. The number of carbonyl (C=O) groups excluding carboxylic acids is 2. The molecule has 182 valence electrons. The standard InChI is InChI=1S/C27H34N2O5/c1-3-9-18(26(31)32)16-28-25(30)15-14-19(4-2)29-27(33)34-17-24-22-12-7-5-10-20(22)21-11-6-8-13-23(21)24/h5-8,10-13,18-19,24H,3-4,9,14-17H2,1-2H3,(H,28,30)(H,29,33)(H,31,32). The third kappa shape index (κ3) is 6.37. The Morgan fingerprint density at radius 3 is 2.15 bits per heavy atom. The number of rotatable bonds is 12. The van der Waals surface area contributed by atoms with Crippen molar-refractivity contribution in [2.24, 2.45) is 5.92 Å². The molecule has 2 aromatic carbocycles. The Morgan fingerprint density at radius 1 is 0.971 bits per heavy atom. The summed E-state index contributed by atoms with van der Waals surface area (Å²) in [5.74, 6) is -1.69. The van der Waals surface area contributed by atoms with E-state index in [1.54, 1.807) is 0 Å². The molecule has 0 aliphatic heterocycles. The number of amides is 2. The Hall–Kier alpha value is -3.35. The van der Waals surface area contributed by atoms with E-state index in [1.807, 2.05) is 38.1 Å². The van der Waals surface area contributed by atoms with Crippen LogP contribution in [0, 0.1) is 5.92 Å². The Bertz CT molecular complexity index is 961. The van der Waals surface area contributed by atoms with Gasteiger partial charge in [0.05, 0.1) is 5.92 Å². The van der Waals surface area contributed by atoms with Gasteiger partial charge in [0.1, 0.15) is 6.61 Å². The lowest BCUT2D eigenvalue weighted by Crippen LogP contribution is -2.37. The number of ether oxygens (including phenoxy) is 1. The average molecular weight is 467 g/mol. The number of fused-ring (bicyclic) bond motifs is 3. The summed E-state index contributed by atoms with van der Waals surface area (Å²) in [6.07, 6.45) is 2.10. The smallest absolute Gasteiger partial charge is 0.407 e. The summed E-state index contributed by atoms with van der Waals surface area (Å²) in [4.78, 5) is 35.9. The van der Waals surface area contributed by atoms with Crippen LogP contribution in [0.3, 0.4) is 0 Å². The molecule has 3 N–H and O–H groups in total. The van der Waals surface area contributed by atoms with Crippen LogP contribution >= 0.6 is 0 Å². The fourth-order valence-electron chi connectivity index (χ4n) is 4.48. The Labute approximate surface area is 200 Å². The molecule has 1 aliphatic carbocycles. The maximum absolute atomic E-state index is 12.5. The van der Waals surface area contributed by atoms with Crippen LogP contribution in [0.25, 0.3) is 11.1 Å². The van der Waals surface area contributed by atoms with Crippen molar-refractivity contribution >= 4 is 18.0 Å². The van der Waals surface area contributed by atoms with E-state index >= 15 is 0 Å². The number of benzene rings is 2. The van der Waals surface area contributed by atoms with Crippen molar-refractivity contribution in [1.29, 1.82) is 0 Å². The van der Waals surface area contributed by atoms with Gasteiger partial charge in [0.25, 0.3) is 0 Å². The molecule has 2 aromatic rings. The first-order valence-corrected chi connectivity index (χ1v) is 12.1. The first kappa shape index (κ1) is 25.3. The number of carboxylic acid groups (broad SMARTS) is 1. The van der Waals surface area contributed by atoms with Crippen molar-refractivity contribution < 1.29 is 24.2 Å². The minimum absolute atomic E-state index is 0.00527. The van der Waals surface area contributed by atoms with E-state index in [0.29, 0.717) is 19.3 Å². The molecular formula is C27H34N2O5. The molecule has 0 saturated carbocycles. The Balaban J connectivity index is 1.47. The lowest BCUT2D eigenvalue weighted by atomic mass is 9.98. The Morgan fingerprint density at radius 2 is 1.59 bits per heavy atom. The van der Waals surface area contributed by atoms with Crippen LogP contribution in [0.2, 0.25) is 0 Å². The molecule has 7 nitrogen and oxygen atoms in total. The number of alkyl carbamates (subject to hydrolysis) is 1. The van der Waals surface area contributed by atoms with Crippen molar-refractivity contribution in [3.63, 3.8) is 0 Å². The molecule has 0 heterocycles. The molecule has 0 spiro atoms. The second kappa shape index (κ2) is 12.2. The predicted octanol–water partition coefficient (Wildman–Crippen LogP) is 4.70. The quantitative estimate of drug-likeness (QED) is 0.421. The monoisotopic (exact) mass is 466 g/mol. The summed E-state index contributed by atoms with van der Waals surface area (Å²) in [5.41, 5.74) is 4.66. The first-order valence-electron chi connectivity index (χ1n) is 12.1. The van der Waals surface area contributed by atoms with Crippen molar-refractivity contribution in [2.75, 3.05) is 13.2 Å². The molecule has 0 saturated heterocycles. The number of hydrogen-bond acceptors (Lipinski definition) is 4. The second-order valence-electron chi connectivity index (χ2n) is 8.74. The van der Waals surface area contributed by atoms with Gasteiger partial charge in [-0.3, -0.25) is 9.59 Å². The summed E-state index contributed by atoms with van der Waals surface area (Å²) in [7, 11) is 0. The van der Waals surface area contributed by atoms with E-state index < -0.39 is 18.0 Å². The number of aliphatic carboxylic acids is 1. The minimum Gasteiger partial charge on any atom is -0.481 e. The van der Waals surface area contributed by atoms with Gasteiger partial charge in [0.2, 0.25) is 5.91 Å².